The van der Waals surface area contributed by atoms with E-state index in [-0.39, 0.29) is 6.04 Å². The summed E-state index contributed by atoms with van der Waals surface area (Å²) < 4.78 is 6.12. The van der Waals surface area contributed by atoms with Crippen molar-refractivity contribution in [1.29, 1.82) is 0 Å². The SMILES string of the molecule is COc1ccc(C(Cc2ccc(Cl)c(Cl)c2)NN)cc1Br. The lowest BCUT2D eigenvalue weighted by Crippen LogP contribution is -2.29. The Labute approximate surface area is 142 Å². The maximum absolute atomic E-state index is 6.04. The molecule has 0 heterocycles. The Morgan fingerprint density at radius 2 is 1.95 bits per heavy atom. The fourth-order valence-corrected chi connectivity index (χ4v) is 2.95. The third-order valence-corrected chi connectivity index (χ3v) is 4.56. The van der Waals surface area contributed by atoms with Gasteiger partial charge < -0.3 is 4.74 Å². The molecule has 112 valence electrons. The van der Waals surface area contributed by atoms with Crippen LogP contribution in [0.5, 0.6) is 5.75 Å². The topological polar surface area (TPSA) is 47.3 Å². The number of hydrazine groups is 1. The predicted octanol–water partition coefficient (Wildman–Crippen LogP) is 4.51. The van der Waals surface area contributed by atoms with Crippen molar-refractivity contribution in [3.63, 3.8) is 0 Å². The second-order valence-corrected chi connectivity index (χ2v) is 6.23. The fourth-order valence-electron chi connectivity index (χ4n) is 2.07. The van der Waals surface area contributed by atoms with E-state index in [2.05, 4.69) is 21.4 Å². The van der Waals surface area contributed by atoms with Crippen molar-refractivity contribution in [1.82, 2.24) is 5.43 Å². The Morgan fingerprint density at radius 3 is 2.52 bits per heavy atom. The van der Waals surface area contributed by atoms with E-state index in [1.807, 2.05) is 30.3 Å². The lowest BCUT2D eigenvalue weighted by molar-refractivity contribution is 0.411. The smallest absolute Gasteiger partial charge is 0.133 e. The number of hydrogen-bond donors (Lipinski definition) is 2. The molecular formula is C15H15BrCl2N2O. The molecule has 0 saturated heterocycles. The third-order valence-electron chi connectivity index (χ3n) is 3.20. The van der Waals surface area contributed by atoms with Gasteiger partial charge in [-0.3, -0.25) is 11.3 Å². The normalized spacial score (nSPS) is 12.2. The van der Waals surface area contributed by atoms with E-state index in [9.17, 15) is 0 Å². The quantitative estimate of drug-likeness (QED) is 0.584. The first-order chi connectivity index (χ1) is 10.0. The van der Waals surface area contributed by atoms with Gasteiger partial charge in [-0.1, -0.05) is 35.3 Å². The van der Waals surface area contributed by atoms with Crippen LogP contribution in [0.2, 0.25) is 10.0 Å². The van der Waals surface area contributed by atoms with E-state index in [4.69, 9.17) is 33.8 Å². The Kier molecular flexibility index (Phi) is 5.90. The van der Waals surface area contributed by atoms with Crippen LogP contribution in [-0.4, -0.2) is 7.11 Å². The van der Waals surface area contributed by atoms with Crippen molar-refractivity contribution in [2.45, 2.75) is 12.5 Å². The molecule has 0 spiro atoms. The van der Waals surface area contributed by atoms with E-state index >= 15 is 0 Å². The van der Waals surface area contributed by atoms with Crippen LogP contribution >= 0.6 is 39.1 Å². The number of nitrogens with two attached hydrogens (primary N) is 1. The summed E-state index contributed by atoms with van der Waals surface area (Å²) >= 11 is 15.5. The van der Waals surface area contributed by atoms with E-state index < -0.39 is 0 Å². The molecule has 0 saturated carbocycles. The van der Waals surface area contributed by atoms with Gasteiger partial charge in [0.2, 0.25) is 0 Å². The summed E-state index contributed by atoms with van der Waals surface area (Å²) in [6, 6.07) is 11.4. The van der Waals surface area contributed by atoms with Crippen LogP contribution in [0, 0.1) is 0 Å². The summed E-state index contributed by atoms with van der Waals surface area (Å²) in [5, 5.41) is 1.09. The summed E-state index contributed by atoms with van der Waals surface area (Å²) in [6.07, 6.45) is 0.701. The van der Waals surface area contributed by atoms with Gasteiger partial charge in [0, 0.05) is 0 Å². The van der Waals surface area contributed by atoms with Gasteiger partial charge in [-0.25, -0.2) is 0 Å². The lowest BCUT2D eigenvalue weighted by Gasteiger charge is -2.18. The summed E-state index contributed by atoms with van der Waals surface area (Å²) in [4.78, 5) is 0. The number of hydrogen-bond acceptors (Lipinski definition) is 3. The molecule has 0 amide bonds. The number of methoxy groups -OCH3 is 1. The van der Waals surface area contributed by atoms with Crippen molar-refractivity contribution in [2.75, 3.05) is 7.11 Å². The molecule has 2 aromatic carbocycles. The molecule has 6 heteroatoms. The van der Waals surface area contributed by atoms with E-state index in [0.717, 1.165) is 21.3 Å². The highest BCUT2D eigenvalue weighted by Gasteiger charge is 2.13. The monoisotopic (exact) mass is 388 g/mol. The van der Waals surface area contributed by atoms with Gasteiger partial charge in [0.15, 0.2) is 0 Å². The van der Waals surface area contributed by atoms with Crippen molar-refractivity contribution in [3.8, 4) is 5.75 Å². The van der Waals surface area contributed by atoms with Crippen LogP contribution in [-0.2, 0) is 6.42 Å². The van der Waals surface area contributed by atoms with Crippen molar-refractivity contribution in [3.05, 3.63) is 62.0 Å². The first-order valence-corrected chi connectivity index (χ1v) is 7.83. The highest BCUT2D eigenvalue weighted by atomic mass is 79.9. The highest BCUT2D eigenvalue weighted by molar-refractivity contribution is 9.10. The minimum atomic E-state index is -0.0375. The molecule has 0 aliphatic heterocycles. The van der Waals surface area contributed by atoms with Gasteiger partial charge >= 0.3 is 0 Å². The number of ether oxygens (including phenoxy) is 1. The standard InChI is InChI=1S/C15H15BrCl2N2O/c1-21-15-5-3-10(8-11(15)16)14(20-19)7-9-2-4-12(17)13(18)6-9/h2-6,8,14,20H,7,19H2,1H3. The minimum absolute atomic E-state index is 0.0375. The molecule has 1 atom stereocenters. The van der Waals surface area contributed by atoms with Crippen molar-refractivity contribution < 1.29 is 4.74 Å². The van der Waals surface area contributed by atoms with Gasteiger partial charge in [-0.05, 0) is 57.7 Å². The van der Waals surface area contributed by atoms with Crippen LogP contribution in [0.3, 0.4) is 0 Å². The van der Waals surface area contributed by atoms with Gasteiger partial charge in [-0.15, -0.1) is 0 Å². The Hall–Kier alpha value is -0.780. The molecule has 3 N–H and O–H groups in total. The predicted molar refractivity (Wildman–Crippen MR) is 90.9 cm³/mol. The number of halogens is 3. The van der Waals surface area contributed by atoms with Crippen LogP contribution < -0.4 is 16.0 Å². The van der Waals surface area contributed by atoms with Gasteiger partial charge in [0.25, 0.3) is 0 Å². The molecule has 21 heavy (non-hydrogen) atoms. The van der Waals surface area contributed by atoms with Gasteiger partial charge in [-0.2, -0.15) is 0 Å². The van der Waals surface area contributed by atoms with Gasteiger partial charge in [0.05, 0.1) is 27.7 Å². The van der Waals surface area contributed by atoms with Crippen LogP contribution in [0.25, 0.3) is 0 Å². The molecule has 0 fully saturated rings. The first kappa shape index (κ1) is 16.6. The average Bonchev–Trinajstić information content (AvgIpc) is 2.48. The minimum Gasteiger partial charge on any atom is -0.496 e. The zero-order chi connectivity index (χ0) is 15.4. The Balaban J connectivity index is 2.23. The average molecular weight is 390 g/mol. The zero-order valence-corrected chi connectivity index (χ0v) is 14.5. The van der Waals surface area contributed by atoms with Crippen LogP contribution in [0.1, 0.15) is 17.2 Å². The molecule has 0 radical (unpaired) electrons. The van der Waals surface area contributed by atoms with Crippen LogP contribution in [0.15, 0.2) is 40.9 Å². The molecule has 0 aromatic heterocycles. The lowest BCUT2D eigenvalue weighted by atomic mass is 9.99. The molecule has 1 unspecified atom stereocenters. The zero-order valence-electron chi connectivity index (χ0n) is 11.4. The fraction of sp³-hybridized carbons (Fsp3) is 0.200. The number of benzene rings is 2. The van der Waals surface area contributed by atoms with Crippen molar-refractivity contribution >= 4 is 39.1 Å². The number of rotatable bonds is 5. The maximum Gasteiger partial charge on any atom is 0.133 e. The van der Waals surface area contributed by atoms with Gasteiger partial charge in [0.1, 0.15) is 5.75 Å². The second-order valence-electron chi connectivity index (χ2n) is 4.57. The number of nitrogens with one attached hydrogen (secondary N) is 1. The molecule has 0 aliphatic carbocycles. The molecule has 2 rings (SSSR count). The Morgan fingerprint density at radius 1 is 1.19 bits per heavy atom. The molecule has 2 aromatic rings. The van der Waals surface area contributed by atoms with Crippen LogP contribution in [0.4, 0.5) is 0 Å². The molecule has 0 bridgehead atoms. The highest BCUT2D eigenvalue weighted by Crippen LogP contribution is 2.30. The summed E-state index contributed by atoms with van der Waals surface area (Å²) in [5.41, 5.74) is 4.93. The largest absolute Gasteiger partial charge is 0.496 e. The molecular weight excluding hydrogens is 375 g/mol. The second kappa shape index (κ2) is 7.47. The van der Waals surface area contributed by atoms with Crippen molar-refractivity contribution in [2.24, 2.45) is 5.84 Å². The third kappa shape index (κ3) is 4.11. The first-order valence-electron chi connectivity index (χ1n) is 6.28. The maximum atomic E-state index is 6.04. The summed E-state index contributed by atoms with van der Waals surface area (Å²) in [7, 11) is 1.63. The molecule has 0 aliphatic rings. The molecule has 3 nitrogen and oxygen atoms in total. The summed E-state index contributed by atoms with van der Waals surface area (Å²) in [6.45, 7) is 0. The Bertz CT molecular complexity index is 637. The van der Waals surface area contributed by atoms with E-state index in [1.54, 1.807) is 13.2 Å². The summed E-state index contributed by atoms with van der Waals surface area (Å²) in [5.74, 6) is 6.47. The van der Waals surface area contributed by atoms with E-state index in [0.29, 0.717) is 16.5 Å². The van der Waals surface area contributed by atoms with E-state index in [1.165, 1.54) is 0 Å².